The molecule has 0 saturated heterocycles. The Bertz CT molecular complexity index is 1410. The minimum atomic E-state index is -6.35. The van der Waals surface area contributed by atoms with E-state index in [1.807, 2.05) is 0 Å². The Morgan fingerprint density at radius 3 is 2.19 bits per heavy atom. The van der Waals surface area contributed by atoms with Crippen LogP contribution in [0.4, 0.5) is 39.5 Å². The van der Waals surface area contributed by atoms with Crippen molar-refractivity contribution in [3.8, 4) is 16.9 Å². The highest BCUT2D eigenvalue weighted by molar-refractivity contribution is 7.90. The van der Waals surface area contributed by atoms with Gasteiger partial charge in [-0.2, -0.15) is 45.3 Å². The molecule has 7 nitrogen and oxygen atoms in total. The number of aromatic nitrogens is 4. The van der Waals surface area contributed by atoms with Crippen LogP contribution in [-0.2, 0) is 35.7 Å². The topological polar surface area (TPSA) is 81.8 Å². The Morgan fingerprint density at radius 2 is 1.65 bits per heavy atom. The molecule has 1 aromatic carbocycles. The lowest BCUT2D eigenvalue weighted by Gasteiger charge is -2.19. The molecule has 0 amide bonds. The quantitative estimate of drug-likeness (QED) is 0.415. The van der Waals surface area contributed by atoms with Crippen LogP contribution in [0.2, 0.25) is 0 Å². The van der Waals surface area contributed by atoms with Gasteiger partial charge in [-0.15, -0.1) is 0 Å². The largest absolute Gasteiger partial charge is 0.459 e. The SMILES string of the molecule is CC(C)S(=O)(=O)NCc1cc(-c2cnn(-c3c(C(F)(F)F)c(C(F)(F)C(F)(F)F)nn3C)c2)ccc1F. The normalized spacial score (nSPS) is 13.5. The predicted molar refractivity (Wildman–Crippen MR) is 112 cm³/mol. The highest BCUT2D eigenvalue weighted by atomic mass is 32.2. The molecule has 1 N–H and O–H groups in total. The maximum absolute atomic E-state index is 14.2. The summed E-state index contributed by atoms with van der Waals surface area (Å²) in [6.07, 6.45) is -10.2. The zero-order chi connectivity index (χ0) is 28.1. The van der Waals surface area contributed by atoms with Crippen LogP contribution in [-0.4, -0.2) is 39.4 Å². The zero-order valence-electron chi connectivity index (χ0n) is 19.1. The lowest BCUT2D eigenvalue weighted by molar-refractivity contribution is -0.292. The van der Waals surface area contributed by atoms with Crippen molar-refractivity contribution in [3.63, 3.8) is 0 Å². The van der Waals surface area contributed by atoms with Crippen molar-refractivity contribution in [2.24, 2.45) is 7.05 Å². The van der Waals surface area contributed by atoms with Crippen LogP contribution in [0, 0.1) is 5.82 Å². The van der Waals surface area contributed by atoms with E-state index in [2.05, 4.69) is 14.9 Å². The molecule has 2 heterocycles. The monoisotopic (exact) mass is 563 g/mol. The highest BCUT2D eigenvalue weighted by Crippen LogP contribution is 2.49. The Labute approximate surface area is 203 Å². The summed E-state index contributed by atoms with van der Waals surface area (Å²) in [6, 6.07) is 3.32. The van der Waals surface area contributed by atoms with Gasteiger partial charge in [0.2, 0.25) is 10.0 Å². The van der Waals surface area contributed by atoms with E-state index in [0.717, 1.165) is 25.5 Å². The van der Waals surface area contributed by atoms with E-state index in [0.29, 0.717) is 4.68 Å². The Hall–Kier alpha value is -3.08. The van der Waals surface area contributed by atoms with E-state index in [1.54, 1.807) is 0 Å². The number of rotatable bonds is 7. The summed E-state index contributed by atoms with van der Waals surface area (Å²) in [7, 11) is -3.02. The molecule has 0 aliphatic heterocycles. The minimum absolute atomic E-state index is 0.0198. The van der Waals surface area contributed by atoms with Crippen molar-refractivity contribution < 1.29 is 47.9 Å². The van der Waals surface area contributed by atoms with Gasteiger partial charge in [0.1, 0.15) is 11.4 Å². The maximum atomic E-state index is 14.2. The smallest absolute Gasteiger partial charge is 0.250 e. The first-order chi connectivity index (χ1) is 16.8. The Morgan fingerprint density at radius 1 is 1.03 bits per heavy atom. The number of benzene rings is 1. The number of nitrogens with zero attached hydrogens (tertiary/aromatic N) is 4. The van der Waals surface area contributed by atoms with Crippen molar-refractivity contribution >= 4 is 10.0 Å². The third-order valence-corrected chi connectivity index (χ3v) is 7.00. The zero-order valence-corrected chi connectivity index (χ0v) is 19.9. The van der Waals surface area contributed by atoms with Gasteiger partial charge in [0.15, 0.2) is 11.5 Å². The van der Waals surface area contributed by atoms with Gasteiger partial charge in [-0.25, -0.2) is 26.9 Å². The summed E-state index contributed by atoms with van der Waals surface area (Å²) < 4.78 is 148. The molecule has 17 heteroatoms. The fourth-order valence-corrected chi connectivity index (χ4v) is 3.91. The van der Waals surface area contributed by atoms with E-state index in [4.69, 9.17) is 0 Å². The van der Waals surface area contributed by atoms with E-state index < -0.39 is 63.0 Å². The number of halogens is 9. The summed E-state index contributed by atoms with van der Waals surface area (Å²) in [4.78, 5) is 0. The molecule has 0 unspecified atom stereocenters. The summed E-state index contributed by atoms with van der Waals surface area (Å²) in [5.74, 6) is -7.93. The second-order valence-electron chi connectivity index (χ2n) is 8.14. The molecule has 0 fully saturated rings. The van der Waals surface area contributed by atoms with Crippen LogP contribution in [0.5, 0.6) is 0 Å². The van der Waals surface area contributed by atoms with Crippen molar-refractivity contribution in [1.82, 2.24) is 24.3 Å². The second-order valence-corrected chi connectivity index (χ2v) is 10.5. The standard InChI is InChI=1S/C20H18F9N5O2S/c1-10(2)37(35,36)31-8-12-6-11(4-5-14(12)21)13-7-30-34(9-13)17-15(19(24,25)26)16(32-33(17)3)18(22,23)20(27,28)29/h4-7,9-10,31H,8H2,1-3H3. The molecule has 0 saturated carbocycles. The van der Waals surface area contributed by atoms with Crippen molar-refractivity contribution in [1.29, 1.82) is 0 Å². The first kappa shape index (κ1) is 28.5. The molecule has 0 bridgehead atoms. The van der Waals surface area contributed by atoms with Crippen LogP contribution in [0.25, 0.3) is 16.9 Å². The molecule has 3 aromatic rings. The molecule has 0 atom stereocenters. The Kier molecular flexibility index (Phi) is 7.19. The maximum Gasteiger partial charge on any atom is 0.459 e. The molecule has 0 spiro atoms. The molecule has 2 aromatic heterocycles. The van der Waals surface area contributed by atoms with Crippen molar-refractivity contribution in [2.45, 2.75) is 43.9 Å². The summed E-state index contributed by atoms with van der Waals surface area (Å²) in [6.45, 7) is 2.34. The predicted octanol–water partition coefficient (Wildman–Crippen LogP) is 4.91. The molecule has 204 valence electrons. The number of aryl methyl sites for hydroxylation is 1. The van der Waals surface area contributed by atoms with Gasteiger partial charge in [0.05, 0.1) is 11.4 Å². The molecular weight excluding hydrogens is 545 g/mol. The number of hydrogen-bond acceptors (Lipinski definition) is 4. The van der Waals surface area contributed by atoms with Crippen LogP contribution in [0.3, 0.4) is 0 Å². The minimum Gasteiger partial charge on any atom is -0.250 e. The average Bonchev–Trinajstić information content (AvgIpc) is 3.36. The molecule has 0 aliphatic carbocycles. The molecule has 3 rings (SSSR count). The van der Waals surface area contributed by atoms with Gasteiger partial charge in [0.25, 0.3) is 0 Å². The average molecular weight is 563 g/mol. The number of hydrogen-bond donors (Lipinski definition) is 1. The molecule has 0 aliphatic rings. The fourth-order valence-electron chi connectivity index (χ4n) is 3.22. The first-order valence-electron chi connectivity index (χ1n) is 10.2. The van der Waals surface area contributed by atoms with Crippen molar-refractivity contribution in [2.75, 3.05) is 0 Å². The first-order valence-corrected chi connectivity index (χ1v) is 11.7. The van der Waals surface area contributed by atoms with Gasteiger partial charge in [-0.05, 0) is 31.5 Å². The summed E-state index contributed by atoms with van der Waals surface area (Å²) in [5, 5.41) is 5.64. The van der Waals surface area contributed by atoms with E-state index in [9.17, 15) is 47.9 Å². The lowest BCUT2D eigenvalue weighted by atomic mass is 10.1. The Balaban J connectivity index is 2.07. The summed E-state index contributed by atoms with van der Waals surface area (Å²) in [5.41, 5.74) is -4.84. The number of nitrogens with one attached hydrogen (secondary N) is 1. The molecule has 37 heavy (non-hydrogen) atoms. The van der Waals surface area contributed by atoms with Crippen LogP contribution < -0.4 is 4.72 Å². The third kappa shape index (κ3) is 5.46. The lowest BCUT2D eigenvalue weighted by Crippen LogP contribution is -2.36. The van der Waals surface area contributed by atoms with Gasteiger partial charge in [-0.1, -0.05) is 6.07 Å². The summed E-state index contributed by atoms with van der Waals surface area (Å²) >= 11 is 0. The van der Waals surface area contributed by atoms with Gasteiger partial charge in [0, 0.05) is 30.9 Å². The number of alkyl halides is 8. The van der Waals surface area contributed by atoms with E-state index >= 15 is 0 Å². The van der Waals surface area contributed by atoms with E-state index in [-0.39, 0.29) is 21.4 Å². The molecule has 0 radical (unpaired) electrons. The van der Waals surface area contributed by atoms with Crippen molar-refractivity contribution in [3.05, 3.63) is 53.2 Å². The fraction of sp³-hybridized carbons (Fsp3) is 0.400. The molecular formula is C20H18F9N5O2S. The number of sulfonamides is 1. The highest BCUT2D eigenvalue weighted by Gasteiger charge is 2.64. The third-order valence-electron chi connectivity index (χ3n) is 5.22. The van der Waals surface area contributed by atoms with E-state index in [1.165, 1.54) is 26.0 Å². The van der Waals surface area contributed by atoms with Gasteiger partial charge in [-0.3, -0.25) is 0 Å². The van der Waals surface area contributed by atoms with Crippen LogP contribution >= 0.6 is 0 Å². The van der Waals surface area contributed by atoms with Crippen LogP contribution in [0.1, 0.15) is 30.7 Å². The van der Waals surface area contributed by atoms with Gasteiger partial charge >= 0.3 is 18.3 Å². The second kappa shape index (κ2) is 9.34. The van der Waals surface area contributed by atoms with Crippen LogP contribution in [0.15, 0.2) is 30.6 Å². The van der Waals surface area contributed by atoms with Gasteiger partial charge < -0.3 is 0 Å².